The molecule has 9 heteroatoms. The standard InChI is InChI=1S/C16H15Cl2N5O2/c1-22-7-5-11(20-22)9-19-16(24)14-6-8-23(21-14)10-25-15-12(17)3-2-4-13(15)18/h2-8H,9-10H2,1H3,(H,19,24). The van der Waals surface area contributed by atoms with Crippen molar-refractivity contribution in [2.24, 2.45) is 7.05 Å². The van der Waals surface area contributed by atoms with Gasteiger partial charge in [-0.3, -0.25) is 9.48 Å². The molecule has 0 aliphatic heterocycles. The van der Waals surface area contributed by atoms with Gasteiger partial charge in [0.1, 0.15) is 5.69 Å². The summed E-state index contributed by atoms with van der Waals surface area (Å²) < 4.78 is 8.73. The fourth-order valence-electron chi connectivity index (χ4n) is 2.12. The average molecular weight is 380 g/mol. The van der Waals surface area contributed by atoms with E-state index in [1.54, 1.807) is 35.1 Å². The highest BCUT2D eigenvalue weighted by molar-refractivity contribution is 6.37. The van der Waals surface area contributed by atoms with Crippen molar-refractivity contribution < 1.29 is 9.53 Å². The van der Waals surface area contributed by atoms with Crippen molar-refractivity contribution in [2.45, 2.75) is 13.3 Å². The third-order valence-electron chi connectivity index (χ3n) is 3.33. The summed E-state index contributed by atoms with van der Waals surface area (Å²) in [6.07, 6.45) is 3.45. The van der Waals surface area contributed by atoms with Gasteiger partial charge in [0, 0.05) is 19.4 Å². The van der Waals surface area contributed by atoms with Gasteiger partial charge in [-0.1, -0.05) is 29.3 Å². The zero-order valence-corrected chi connectivity index (χ0v) is 14.8. The summed E-state index contributed by atoms with van der Waals surface area (Å²) in [6, 6.07) is 8.53. The molecule has 0 aliphatic rings. The number of carbonyl (C=O) groups excluding carboxylic acids is 1. The van der Waals surface area contributed by atoms with Crippen molar-refractivity contribution in [3.05, 3.63) is 64.2 Å². The van der Waals surface area contributed by atoms with E-state index in [1.165, 1.54) is 4.68 Å². The smallest absolute Gasteiger partial charge is 0.272 e. The number of para-hydroxylation sites is 1. The van der Waals surface area contributed by atoms with E-state index in [0.717, 1.165) is 5.69 Å². The maximum Gasteiger partial charge on any atom is 0.272 e. The monoisotopic (exact) mass is 379 g/mol. The van der Waals surface area contributed by atoms with Gasteiger partial charge in [-0.2, -0.15) is 10.2 Å². The van der Waals surface area contributed by atoms with Crippen LogP contribution in [0.3, 0.4) is 0 Å². The molecule has 2 heterocycles. The van der Waals surface area contributed by atoms with Crippen LogP contribution in [-0.2, 0) is 20.3 Å². The molecule has 0 radical (unpaired) electrons. The first-order chi connectivity index (χ1) is 12.0. The largest absolute Gasteiger partial charge is 0.468 e. The first-order valence-corrected chi connectivity index (χ1v) is 8.15. The molecular weight excluding hydrogens is 365 g/mol. The minimum absolute atomic E-state index is 0.0803. The minimum Gasteiger partial charge on any atom is -0.468 e. The highest BCUT2D eigenvalue weighted by Crippen LogP contribution is 2.32. The number of benzene rings is 1. The van der Waals surface area contributed by atoms with E-state index in [4.69, 9.17) is 27.9 Å². The second-order valence-corrected chi connectivity index (χ2v) is 6.04. The highest BCUT2D eigenvalue weighted by atomic mass is 35.5. The van der Waals surface area contributed by atoms with Gasteiger partial charge in [0.15, 0.2) is 12.5 Å². The van der Waals surface area contributed by atoms with Crippen LogP contribution >= 0.6 is 23.2 Å². The van der Waals surface area contributed by atoms with E-state index in [1.807, 2.05) is 19.3 Å². The number of ether oxygens (including phenoxy) is 1. The molecular formula is C16H15Cl2N5O2. The zero-order chi connectivity index (χ0) is 17.8. The summed E-state index contributed by atoms with van der Waals surface area (Å²) in [5.74, 6) is 0.0858. The third kappa shape index (κ3) is 4.32. The summed E-state index contributed by atoms with van der Waals surface area (Å²) >= 11 is 12.1. The lowest BCUT2D eigenvalue weighted by Gasteiger charge is -2.09. The van der Waals surface area contributed by atoms with Gasteiger partial charge in [-0.05, 0) is 24.3 Å². The molecule has 3 rings (SSSR count). The molecule has 0 saturated carbocycles. The molecule has 0 spiro atoms. The van der Waals surface area contributed by atoms with Gasteiger partial charge in [-0.15, -0.1) is 0 Å². The molecule has 1 amide bonds. The molecule has 0 fully saturated rings. The molecule has 0 bridgehead atoms. The number of nitrogens with zero attached hydrogens (tertiary/aromatic N) is 4. The Kier molecular flexibility index (Phi) is 5.25. The fourth-order valence-corrected chi connectivity index (χ4v) is 2.63. The van der Waals surface area contributed by atoms with Crippen molar-refractivity contribution in [1.82, 2.24) is 24.9 Å². The Labute approximate surface area is 154 Å². The Hall–Kier alpha value is -2.51. The van der Waals surface area contributed by atoms with Crippen LogP contribution in [0.5, 0.6) is 5.75 Å². The molecule has 7 nitrogen and oxygen atoms in total. The van der Waals surface area contributed by atoms with Crippen molar-refractivity contribution in [3.63, 3.8) is 0 Å². The molecule has 0 saturated heterocycles. The molecule has 0 atom stereocenters. The predicted octanol–water partition coefficient (Wildman–Crippen LogP) is 2.89. The molecule has 2 aromatic heterocycles. The molecule has 25 heavy (non-hydrogen) atoms. The lowest BCUT2D eigenvalue weighted by Crippen LogP contribution is -2.24. The van der Waals surface area contributed by atoms with Gasteiger partial charge < -0.3 is 10.1 Å². The van der Waals surface area contributed by atoms with Crippen molar-refractivity contribution >= 4 is 29.1 Å². The van der Waals surface area contributed by atoms with Crippen molar-refractivity contribution in [1.29, 1.82) is 0 Å². The summed E-state index contributed by atoms with van der Waals surface area (Å²) in [7, 11) is 1.82. The van der Waals surface area contributed by atoms with Crippen LogP contribution in [0.25, 0.3) is 0 Å². The number of carbonyl (C=O) groups is 1. The van der Waals surface area contributed by atoms with Gasteiger partial charge >= 0.3 is 0 Å². The number of rotatable bonds is 6. The first kappa shape index (κ1) is 17.3. The van der Waals surface area contributed by atoms with Gasteiger partial charge in [-0.25, -0.2) is 4.68 Å². The minimum atomic E-state index is -0.292. The molecule has 1 aromatic carbocycles. The van der Waals surface area contributed by atoms with E-state index in [2.05, 4.69) is 15.5 Å². The fraction of sp³-hybridized carbons (Fsp3) is 0.188. The Morgan fingerprint density at radius 1 is 1.16 bits per heavy atom. The SMILES string of the molecule is Cn1ccc(CNC(=O)c2ccn(COc3c(Cl)cccc3Cl)n2)n1. The molecule has 0 unspecified atom stereocenters. The number of aromatic nitrogens is 4. The number of aryl methyl sites for hydroxylation is 1. The second kappa shape index (κ2) is 7.58. The van der Waals surface area contributed by atoms with Gasteiger partial charge in [0.05, 0.1) is 22.3 Å². The topological polar surface area (TPSA) is 74.0 Å². The number of nitrogens with one attached hydrogen (secondary N) is 1. The number of amides is 1. The molecule has 1 N–H and O–H groups in total. The van der Waals surface area contributed by atoms with Gasteiger partial charge in [0.25, 0.3) is 5.91 Å². The zero-order valence-electron chi connectivity index (χ0n) is 13.3. The summed E-state index contributed by atoms with van der Waals surface area (Å²) in [5.41, 5.74) is 1.05. The average Bonchev–Trinajstić information content (AvgIpc) is 3.21. The van der Waals surface area contributed by atoms with Gasteiger partial charge in [0.2, 0.25) is 0 Å². The number of hydrogen-bond donors (Lipinski definition) is 1. The lowest BCUT2D eigenvalue weighted by molar-refractivity contribution is 0.0943. The van der Waals surface area contributed by atoms with Crippen LogP contribution in [0, 0.1) is 0 Å². The second-order valence-electron chi connectivity index (χ2n) is 5.23. The summed E-state index contributed by atoms with van der Waals surface area (Å²) in [5, 5.41) is 11.9. The third-order valence-corrected chi connectivity index (χ3v) is 3.93. The Bertz CT molecular complexity index is 870. The lowest BCUT2D eigenvalue weighted by atomic mass is 10.3. The Morgan fingerprint density at radius 3 is 2.60 bits per heavy atom. The summed E-state index contributed by atoms with van der Waals surface area (Å²) in [6.45, 7) is 0.412. The molecule has 0 aliphatic carbocycles. The van der Waals surface area contributed by atoms with E-state index >= 15 is 0 Å². The van der Waals surface area contributed by atoms with Crippen molar-refractivity contribution in [3.8, 4) is 5.75 Å². The van der Waals surface area contributed by atoms with Crippen LogP contribution in [0.4, 0.5) is 0 Å². The van der Waals surface area contributed by atoms with E-state index < -0.39 is 0 Å². The maximum atomic E-state index is 12.1. The van der Waals surface area contributed by atoms with Crippen LogP contribution < -0.4 is 10.1 Å². The Balaban J connectivity index is 1.57. The van der Waals surface area contributed by atoms with Crippen LogP contribution in [-0.4, -0.2) is 25.5 Å². The molecule has 130 valence electrons. The van der Waals surface area contributed by atoms with Crippen LogP contribution in [0.15, 0.2) is 42.7 Å². The quantitative estimate of drug-likeness (QED) is 0.714. The highest BCUT2D eigenvalue weighted by Gasteiger charge is 2.11. The van der Waals surface area contributed by atoms with Crippen molar-refractivity contribution in [2.75, 3.05) is 0 Å². The Morgan fingerprint density at radius 2 is 1.92 bits per heavy atom. The summed E-state index contributed by atoms with van der Waals surface area (Å²) in [4.78, 5) is 12.1. The van der Waals surface area contributed by atoms with E-state index in [0.29, 0.717) is 22.3 Å². The molecule has 3 aromatic rings. The number of hydrogen-bond acceptors (Lipinski definition) is 4. The first-order valence-electron chi connectivity index (χ1n) is 7.40. The predicted molar refractivity (Wildman–Crippen MR) is 93.7 cm³/mol. The van der Waals surface area contributed by atoms with Crippen LogP contribution in [0.1, 0.15) is 16.2 Å². The number of halogens is 2. The maximum absolute atomic E-state index is 12.1. The van der Waals surface area contributed by atoms with E-state index in [-0.39, 0.29) is 18.3 Å². The van der Waals surface area contributed by atoms with E-state index in [9.17, 15) is 4.79 Å². The van der Waals surface area contributed by atoms with Crippen LogP contribution in [0.2, 0.25) is 10.0 Å². The normalized spacial score (nSPS) is 10.7.